The molecule has 3 nitrogen and oxygen atoms in total. The van der Waals surface area contributed by atoms with Gasteiger partial charge in [0.15, 0.2) is 0 Å². The van der Waals surface area contributed by atoms with Crippen molar-refractivity contribution in [2.45, 2.75) is 19.5 Å². The van der Waals surface area contributed by atoms with Gasteiger partial charge in [0.2, 0.25) is 0 Å². The van der Waals surface area contributed by atoms with Crippen LogP contribution in [0.25, 0.3) is 0 Å². The molecule has 1 N–H and O–H groups in total. The molecule has 0 fully saturated rings. The Bertz CT molecular complexity index is 517. The zero-order valence-electron chi connectivity index (χ0n) is 9.90. The lowest BCUT2D eigenvalue weighted by molar-refractivity contribution is 0.567. The highest BCUT2D eigenvalue weighted by Crippen LogP contribution is 2.26. The van der Waals surface area contributed by atoms with Crippen LogP contribution in [-0.4, -0.2) is 9.97 Å². The summed E-state index contributed by atoms with van der Waals surface area (Å²) in [5, 5.41) is 4.67. The first kappa shape index (κ1) is 13.3. The van der Waals surface area contributed by atoms with Crippen LogP contribution in [-0.2, 0) is 6.54 Å². The Morgan fingerprint density at radius 3 is 2.78 bits per heavy atom. The number of rotatable bonds is 4. The Morgan fingerprint density at radius 1 is 1.28 bits per heavy atom. The lowest BCUT2D eigenvalue weighted by atomic mass is 10.1. The molecule has 94 valence electrons. The summed E-state index contributed by atoms with van der Waals surface area (Å²) < 4.78 is 0. The highest BCUT2D eigenvalue weighted by atomic mass is 35.5. The average Bonchev–Trinajstić information content (AvgIpc) is 2.37. The van der Waals surface area contributed by atoms with Gasteiger partial charge in [-0.2, -0.15) is 0 Å². The van der Waals surface area contributed by atoms with Gasteiger partial charge in [-0.25, -0.2) is 9.97 Å². The van der Waals surface area contributed by atoms with Crippen LogP contribution >= 0.6 is 23.2 Å². The molecule has 2 aromatic rings. The van der Waals surface area contributed by atoms with Crippen LogP contribution in [0.15, 0.2) is 36.8 Å². The standard InChI is InChI=1S/C13H13Cl2N3/c1-9(12-3-2-10(14)6-13(12)15)17-7-11-4-5-16-8-18-11/h2-6,8-9,17H,7H2,1H3. The summed E-state index contributed by atoms with van der Waals surface area (Å²) in [6.45, 7) is 2.72. The van der Waals surface area contributed by atoms with Crippen LogP contribution < -0.4 is 5.32 Å². The molecule has 0 saturated heterocycles. The molecule has 0 bridgehead atoms. The average molecular weight is 282 g/mol. The summed E-state index contributed by atoms with van der Waals surface area (Å²) in [5.41, 5.74) is 1.97. The smallest absolute Gasteiger partial charge is 0.115 e. The van der Waals surface area contributed by atoms with E-state index in [2.05, 4.69) is 22.2 Å². The fourth-order valence-electron chi connectivity index (χ4n) is 1.64. The van der Waals surface area contributed by atoms with Crippen molar-refractivity contribution in [1.82, 2.24) is 15.3 Å². The van der Waals surface area contributed by atoms with E-state index in [4.69, 9.17) is 23.2 Å². The van der Waals surface area contributed by atoms with E-state index < -0.39 is 0 Å². The quantitative estimate of drug-likeness (QED) is 0.930. The predicted molar refractivity (Wildman–Crippen MR) is 73.7 cm³/mol. The topological polar surface area (TPSA) is 37.8 Å². The van der Waals surface area contributed by atoms with Crippen LogP contribution in [0, 0.1) is 0 Å². The van der Waals surface area contributed by atoms with Crippen molar-refractivity contribution in [3.05, 3.63) is 58.1 Å². The summed E-state index contributed by atoms with van der Waals surface area (Å²) in [6, 6.07) is 7.53. The molecule has 5 heteroatoms. The van der Waals surface area contributed by atoms with E-state index in [0.717, 1.165) is 11.3 Å². The molecule has 0 saturated carbocycles. The van der Waals surface area contributed by atoms with Crippen molar-refractivity contribution < 1.29 is 0 Å². The molecule has 0 radical (unpaired) electrons. The third kappa shape index (κ3) is 3.42. The molecule has 0 aliphatic carbocycles. The van der Waals surface area contributed by atoms with Gasteiger partial charge in [0.1, 0.15) is 6.33 Å². The number of nitrogens with zero attached hydrogens (tertiary/aromatic N) is 2. The third-order valence-corrected chi connectivity index (χ3v) is 3.22. The van der Waals surface area contributed by atoms with Gasteiger partial charge >= 0.3 is 0 Å². The zero-order valence-corrected chi connectivity index (χ0v) is 11.4. The molecule has 1 atom stereocenters. The predicted octanol–water partition coefficient (Wildman–Crippen LogP) is 3.63. The van der Waals surface area contributed by atoms with Crippen molar-refractivity contribution in [3.8, 4) is 0 Å². The zero-order chi connectivity index (χ0) is 13.0. The van der Waals surface area contributed by atoms with Crippen molar-refractivity contribution in [1.29, 1.82) is 0 Å². The number of hydrogen-bond acceptors (Lipinski definition) is 3. The summed E-state index contributed by atoms with van der Waals surface area (Å²) in [6.07, 6.45) is 3.26. The van der Waals surface area contributed by atoms with E-state index in [1.54, 1.807) is 12.3 Å². The molecule has 1 unspecified atom stereocenters. The second-order valence-corrected chi connectivity index (χ2v) is 4.81. The fraction of sp³-hybridized carbons (Fsp3) is 0.231. The normalized spacial score (nSPS) is 12.4. The van der Waals surface area contributed by atoms with E-state index in [1.165, 1.54) is 6.33 Å². The molecule has 0 aliphatic heterocycles. The Hall–Kier alpha value is -1.16. The van der Waals surface area contributed by atoms with Gasteiger partial charge in [-0.05, 0) is 30.7 Å². The van der Waals surface area contributed by atoms with E-state index >= 15 is 0 Å². The molecule has 1 aromatic carbocycles. The number of halogens is 2. The van der Waals surface area contributed by atoms with Crippen molar-refractivity contribution in [2.75, 3.05) is 0 Å². The molecule has 1 heterocycles. The summed E-state index contributed by atoms with van der Waals surface area (Å²) in [4.78, 5) is 8.03. The van der Waals surface area contributed by atoms with Gasteiger partial charge in [0, 0.05) is 28.8 Å². The second kappa shape index (κ2) is 6.14. The van der Waals surface area contributed by atoms with E-state index in [0.29, 0.717) is 16.6 Å². The van der Waals surface area contributed by atoms with Crippen molar-refractivity contribution in [2.24, 2.45) is 0 Å². The van der Waals surface area contributed by atoms with Gasteiger partial charge in [0.05, 0.1) is 5.69 Å². The Balaban J connectivity index is 2.01. The largest absolute Gasteiger partial charge is 0.305 e. The van der Waals surface area contributed by atoms with Crippen LogP contribution in [0.5, 0.6) is 0 Å². The first-order chi connectivity index (χ1) is 8.66. The van der Waals surface area contributed by atoms with Crippen LogP contribution in [0.4, 0.5) is 0 Å². The van der Waals surface area contributed by atoms with Gasteiger partial charge in [-0.1, -0.05) is 29.3 Å². The minimum Gasteiger partial charge on any atom is -0.305 e. The number of benzene rings is 1. The Kier molecular flexibility index (Phi) is 4.53. The van der Waals surface area contributed by atoms with Gasteiger partial charge in [-0.3, -0.25) is 0 Å². The Morgan fingerprint density at radius 2 is 2.11 bits per heavy atom. The van der Waals surface area contributed by atoms with Gasteiger partial charge in [0.25, 0.3) is 0 Å². The lowest BCUT2D eigenvalue weighted by Gasteiger charge is -2.15. The monoisotopic (exact) mass is 281 g/mol. The first-order valence-electron chi connectivity index (χ1n) is 5.60. The number of aromatic nitrogens is 2. The molecule has 1 aromatic heterocycles. The van der Waals surface area contributed by atoms with Crippen molar-refractivity contribution in [3.63, 3.8) is 0 Å². The van der Waals surface area contributed by atoms with Crippen molar-refractivity contribution >= 4 is 23.2 Å². The molecule has 0 aliphatic rings. The minimum atomic E-state index is 0.129. The summed E-state index contributed by atoms with van der Waals surface area (Å²) >= 11 is 12.0. The van der Waals surface area contributed by atoms with Crippen LogP contribution in [0.1, 0.15) is 24.2 Å². The molecule has 0 amide bonds. The molecule has 0 spiro atoms. The lowest BCUT2D eigenvalue weighted by Crippen LogP contribution is -2.19. The number of nitrogens with one attached hydrogen (secondary N) is 1. The third-order valence-electron chi connectivity index (χ3n) is 2.66. The van der Waals surface area contributed by atoms with E-state index in [9.17, 15) is 0 Å². The van der Waals surface area contributed by atoms with Gasteiger partial charge in [-0.15, -0.1) is 0 Å². The molecule has 2 rings (SSSR count). The summed E-state index contributed by atoms with van der Waals surface area (Å²) in [5.74, 6) is 0. The highest BCUT2D eigenvalue weighted by Gasteiger charge is 2.09. The second-order valence-electron chi connectivity index (χ2n) is 3.97. The number of hydrogen-bond donors (Lipinski definition) is 1. The maximum absolute atomic E-state index is 6.16. The first-order valence-corrected chi connectivity index (χ1v) is 6.35. The summed E-state index contributed by atoms with van der Waals surface area (Å²) in [7, 11) is 0. The molecule has 18 heavy (non-hydrogen) atoms. The van der Waals surface area contributed by atoms with Crippen LogP contribution in [0.2, 0.25) is 10.0 Å². The molecular weight excluding hydrogens is 269 g/mol. The Labute approximate surface area is 116 Å². The van der Waals surface area contributed by atoms with Crippen LogP contribution in [0.3, 0.4) is 0 Å². The highest BCUT2D eigenvalue weighted by molar-refractivity contribution is 6.35. The fourth-order valence-corrected chi connectivity index (χ4v) is 2.22. The van der Waals surface area contributed by atoms with E-state index in [1.807, 2.05) is 18.2 Å². The van der Waals surface area contributed by atoms with Gasteiger partial charge < -0.3 is 5.32 Å². The minimum absolute atomic E-state index is 0.129. The SMILES string of the molecule is CC(NCc1ccncn1)c1ccc(Cl)cc1Cl. The maximum atomic E-state index is 6.16. The van der Waals surface area contributed by atoms with E-state index in [-0.39, 0.29) is 6.04 Å². The maximum Gasteiger partial charge on any atom is 0.115 e. The molecular formula is C13H13Cl2N3.